The number of hydrogen-bond acceptors (Lipinski definition) is 3. The first-order valence-electron chi connectivity index (χ1n) is 13.6. The summed E-state index contributed by atoms with van der Waals surface area (Å²) in [6, 6.07) is 8.44. The second kappa shape index (κ2) is 14.3. The Labute approximate surface area is 240 Å². The van der Waals surface area contributed by atoms with E-state index in [0.717, 1.165) is 43.9 Å². The Hall–Kier alpha value is -1.91. The molecule has 2 aromatic carbocycles. The van der Waals surface area contributed by atoms with Gasteiger partial charge < -0.3 is 14.2 Å². The van der Waals surface area contributed by atoms with Crippen molar-refractivity contribution >= 4 is 42.8 Å². The Morgan fingerprint density at radius 1 is 0.784 bits per heavy atom. The minimum Gasteiger partial charge on any atom is -0.496 e. The molecule has 2 rings (SSSR count). The minimum absolute atomic E-state index is 0.592. The molecule has 0 N–H and O–H groups in total. The lowest BCUT2D eigenvalue weighted by Crippen LogP contribution is -2.43. The van der Waals surface area contributed by atoms with Crippen LogP contribution in [0, 0.1) is 15.0 Å². The van der Waals surface area contributed by atoms with Gasteiger partial charge in [0.2, 0.25) is 0 Å². The summed E-state index contributed by atoms with van der Waals surface area (Å²) < 4.78 is 18.6. The van der Waals surface area contributed by atoms with E-state index in [1.807, 2.05) is 26.0 Å². The summed E-state index contributed by atoms with van der Waals surface area (Å²) in [6.45, 7) is 21.6. The molecule has 0 radical (unpaired) electrons. The second-order valence-corrected chi connectivity index (χ2v) is 17.0. The van der Waals surface area contributed by atoms with Gasteiger partial charge in [-0.2, -0.15) is 0 Å². The third kappa shape index (κ3) is 7.35. The number of methoxy groups -OCH3 is 1. The van der Waals surface area contributed by atoms with Crippen LogP contribution in [0.15, 0.2) is 24.3 Å². The van der Waals surface area contributed by atoms with Crippen LogP contribution >= 0.6 is 22.6 Å². The fourth-order valence-corrected chi connectivity index (χ4v) is 11.3. The highest BCUT2D eigenvalue weighted by molar-refractivity contribution is 14.1. The van der Waals surface area contributed by atoms with Crippen LogP contribution in [0.1, 0.15) is 84.6 Å². The van der Waals surface area contributed by atoms with E-state index in [1.165, 1.54) is 5.56 Å². The quantitative estimate of drug-likeness (QED) is 0.107. The fourth-order valence-electron chi connectivity index (χ4n) is 5.38. The van der Waals surface area contributed by atoms with Crippen molar-refractivity contribution in [3.8, 4) is 28.7 Å². The van der Waals surface area contributed by atoms with E-state index in [4.69, 9.17) is 14.2 Å². The molecule has 0 amide bonds. The van der Waals surface area contributed by atoms with E-state index in [1.54, 1.807) is 7.11 Å². The summed E-state index contributed by atoms with van der Waals surface area (Å²) in [7, 11) is -0.143. The van der Waals surface area contributed by atoms with Gasteiger partial charge in [-0.15, -0.1) is 5.54 Å². The van der Waals surface area contributed by atoms with Crippen LogP contribution in [0.25, 0.3) is 12.2 Å². The topological polar surface area (TPSA) is 27.7 Å². The number of rotatable bonds is 11. The van der Waals surface area contributed by atoms with E-state index < -0.39 is 8.07 Å². The molecular formula is C32H45IO3Si. The molecule has 0 fully saturated rings. The molecule has 0 atom stereocenters. The first-order valence-corrected chi connectivity index (χ1v) is 16.9. The van der Waals surface area contributed by atoms with E-state index >= 15 is 0 Å². The van der Waals surface area contributed by atoms with Crippen LogP contribution < -0.4 is 14.2 Å². The van der Waals surface area contributed by atoms with Crippen molar-refractivity contribution in [1.82, 2.24) is 0 Å². The van der Waals surface area contributed by atoms with Crippen molar-refractivity contribution < 1.29 is 14.2 Å². The lowest BCUT2D eigenvalue weighted by molar-refractivity contribution is 0.337. The van der Waals surface area contributed by atoms with Gasteiger partial charge >= 0.3 is 0 Å². The first kappa shape index (κ1) is 31.3. The Kier molecular flexibility index (Phi) is 12.1. The van der Waals surface area contributed by atoms with Gasteiger partial charge in [-0.3, -0.25) is 0 Å². The van der Waals surface area contributed by atoms with Gasteiger partial charge in [0.1, 0.15) is 25.3 Å². The standard InChI is InChI=1S/C32H45IO3Si/c1-11-25-18-28(16-17-37(22(4)5,23(6)7)24(8)9)30(35-12-2)19-26(25)14-15-27-20-32(34-10)29(33)21-31(27)36-13-3/h14-15,18-24H,11-13H2,1-10H3. The maximum atomic E-state index is 6.12. The number of halogens is 1. The van der Waals surface area contributed by atoms with Crippen molar-refractivity contribution in [3.05, 3.63) is 50.1 Å². The van der Waals surface area contributed by atoms with Crippen LogP contribution in [-0.4, -0.2) is 28.4 Å². The zero-order valence-corrected chi connectivity index (χ0v) is 27.6. The predicted octanol–water partition coefficient (Wildman–Crippen LogP) is 9.40. The number of ether oxygens (including phenoxy) is 3. The molecule has 0 saturated heterocycles. The molecular weight excluding hydrogens is 587 g/mol. The monoisotopic (exact) mass is 632 g/mol. The molecule has 0 bridgehead atoms. The smallest absolute Gasteiger partial charge is 0.146 e. The molecule has 0 aliphatic carbocycles. The lowest BCUT2D eigenvalue weighted by atomic mass is 9.99. The highest BCUT2D eigenvalue weighted by Crippen LogP contribution is 2.41. The van der Waals surface area contributed by atoms with E-state index in [9.17, 15) is 0 Å². The Balaban J connectivity index is 2.64. The van der Waals surface area contributed by atoms with Crippen LogP contribution in [-0.2, 0) is 6.42 Å². The lowest BCUT2D eigenvalue weighted by Gasteiger charge is -2.38. The van der Waals surface area contributed by atoms with Crippen molar-refractivity contribution in [2.24, 2.45) is 0 Å². The summed E-state index contributed by atoms with van der Waals surface area (Å²) in [5.74, 6) is 6.18. The fraction of sp³-hybridized carbons (Fsp3) is 0.500. The largest absolute Gasteiger partial charge is 0.496 e. The molecule has 37 heavy (non-hydrogen) atoms. The van der Waals surface area contributed by atoms with Gasteiger partial charge in [0.25, 0.3) is 0 Å². The predicted molar refractivity (Wildman–Crippen MR) is 171 cm³/mol. The summed E-state index contributed by atoms with van der Waals surface area (Å²) in [6.07, 6.45) is 5.17. The molecule has 0 unspecified atom stereocenters. The summed E-state index contributed by atoms with van der Waals surface area (Å²) in [4.78, 5) is 0. The SMILES string of the molecule is CCOc1cc(C=Cc2cc(OC)c(I)cc2OCC)c(CC)cc1C#C[Si](C(C)C)(C(C)C)C(C)C. The van der Waals surface area contributed by atoms with E-state index in [2.05, 4.69) is 107 Å². The summed E-state index contributed by atoms with van der Waals surface area (Å²) in [5, 5.41) is 0. The average molecular weight is 633 g/mol. The van der Waals surface area contributed by atoms with Gasteiger partial charge in [-0.25, -0.2) is 0 Å². The Bertz CT molecular complexity index is 1120. The van der Waals surface area contributed by atoms with Crippen LogP contribution in [0.2, 0.25) is 16.6 Å². The Morgan fingerprint density at radius 2 is 1.32 bits per heavy atom. The van der Waals surface area contributed by atoms with Crippen molar-refractivity contribution in [2.45, 2.75) is 85.4 Å². The average Bonchev–Trinajstić information content (AvgIpc) is 2.84. The van der Waals surface area contributed by atoms with Crippen molar-refractivity contribution in [2.75, 3.05) is 20.3 Å². The zero-order valence-electron chi connectivity index (χ0n) is 24.4. The molecule has 202 valence electrons. The maximum absolute atomic E-state index is 6.12. The van der Waals surface area contributed by atoms with E-state index in [-0.39, 0.29) is 0 Å². The molecule has 3 nitrogen and oxygen atoms in total. The van der Waals surface area contributed by atoms with Gasteiger partial charge in [0.15, 0.2) is 0 Å². The van der Waals surface area contributed by atoms with Crippen molar-refractivity contribution in [3.63, 3.8) is 0 Å². The molecule has 0 spiro atoms. The summed E-state index contributed by atoms with van der Waals surface area (Å²) in [5.41, 5.74) is 10.0. The van der Waals surface area contributed by atoms with Gasteiger partial charge in [0, 0.05) is 5.56 Å². The number of hydrogen-bond donors (Lipinski definition) is 0. The minimum atomic E-state index is -1.84. The highest BCUT2D eigenvalue weighted by atomic mass is 127. The molecule has 0 heterocycles. The van der Waals surface area contributed by atoms with Crippen molar-refractivity contribution in [1.29, 1.82) is 0 Å². The van der Waals surface area contributed by atoms with E-state index in [0.29, 0.717) is 29.8 Å². The van der Waals surface area contributed by atoms with Crippen LogP contribution in [0.3, 0.4) is 0 Å². The molecule has 2 aromatic rings. The third-order valence-corrected chi connectivity index (χ3v) is 14.4. The third-order valence-electron chi connectivity index (χ3n) is 7.23. The number of aryl methyl sites for hydroxylation is 1. The molecule has 0 aromatic heterocycles. The van der Waals surface area contributed by atoms with Crippen LogP contribution in [0.5, 0.6) is 17.2 Å². The normalized spacial score (nSPS) is 11.8. The van der Waals surface area contributed by atoms with Crippen LogP contribution in [0.4, 0.5) is 0 Å². The zero-order chi connectivity index (χ0) is 27.8. The maximum Gasteiger partial charge on any atom is 0.146 e. The van der Waals surface area contributed by atoms with Gasteiger partial charge in [-0.1, -0.05) is 66.5 Å². The van der Waals surface area contributed by atoms with Gasteiger partial charge in [-0.05, 0) is 94.9 Å². The molecule has 0 saturated carbocycles. The first-order chi connectivity index (χ1) is 17.5. The number of benzene rings is 2. The second-order valence-electron chi connectivity index (χ2n) is 10.3. The molecule has 0 aliphatic heterocycles. The summed E-state index contributed by atoms with van der Waals surface area (Å²) >= 11 is 2.28. The van der Waals surface area contributed by atoms with Gasteiger partial charge in [0.05, 0.1) is 29.5 Å². The highest BCUT2D eigenvalue weighted by Gasteiger charge is 2.41. The molecule has 0 aliphatic rings. The Morgan fingerprint density at radius 3 is 1.84 bits per heavy atom. The molecule has 5 heteroatoms.